The lowest BCUT2D eigenvalue weighted by molar-refractivity contribution is 0.0988. The predicted molar refractivity (Wildman–Crippen MR) is 86.3 cm³/mol. The van der Waals surface area contributed by atoms with Gasteiger partial charge in [0.15, 0.2) is 11.6 Å². The van der Waals surface area contributed by atoms with E-state index in [1.54, 1.807) is 39.0 Å². The molecule has 5 heteroatoms. The van der Waals surface area contributed by atoms with Crippen molar-refractivity contribution in [1.29, 1.82) is 0 Å². The van der Waals surface area contributed by atoms with Crippen molar-refractivity contribution in [1.82, 2.24) is 4.98 Å². The van der Waals surface area contributed by atoms with Gasteiger partial charge in [0.2, 0.25) is 0 Å². The number of Topliss-reactive ketones (excluding diaryl/α,β-unsaturated/α-hetero) is 2. The van der Waals surface area contributed by atoms with E-state index in [1.807, 2.05) is 0 Å². The molecule has 0 aliphatic carbocycles. The first kappa shape index (κ1) is 16.5. The molecule has 0 aliphatic rings. The van der Waals surface area contributed by atoms with Gasteiger partial charge in [0.25, 0.3) is 0 Å². The van der Waals surface area contributed by atoms with Crippen LogP contribution in [0.15, 0.2) is 29.2 Å². The number of rotatable bonds is 5. The maximum Gasteiger partial charge on any atom is 0.192 e. The molecule has 2 rings (SSSR count). The van der Waals surface area contributed by atoms with Gasteiger partial charge in [-0.25, -0.2) is 4.39 Å². The number of thioether (sulfide) groups is 1. The van der Waals surface area contributed by atoms with Gasteiger partial charge in [-0.3, -0.25) is 9.59 Å². The van der Waals surface area contributed by atoms with E-state index in [9.17, 15) is 14.0 Å². The zero-order valence-corrected chi connectivity index (χ0v) is 13.8. The predicted octanol–water partition coefficient (Wildman–Crippen LogP) is 4.34. The molecule has 0 spiro atoms. The Morgan fingerprint density at radius 2 is 1.86 bits per heavy atom. The fraction of sp³-hybridized carbons (Fsp3) is 0.294. The molecule has 3 nitrogen and oxygen atoms in total. The third-order valence-corrected chi connectivity index (χ3v) is 4.70. The van der Waals surface area contributed by atoms with Crippen molar-refractivity contribution >= 4 is 23.3 Å². The summed E-state index contributed by atoms with van der Waals surface area (Å²) >= 11 is 1.18. The van der Waals surface area contributed by atoms with Gasteiger partial charge in [-0.2, -0.15) is 0 Å². The summed E-state index contributed by atoms with van der Waals surface area (Å²) in [6.45, 7) is 6.75. The van der Waals surface area contributed by atoms with Crippen LogP contribution < -0.4 is 0 Å². The molecule has 0 amide bonds. The summed E-state index contributed by atoms with van der Waals surface area (Å²) in [5.74, 6) is -0.544. The Morgan fingerprint density at radius 3 is 2.41 bits per heavy atom. The highest BCUT2D eigenvalue weighted by Gasteiger charge is 2.24. The van der Waals surface area contributed by atoms with E-state index in [-0.39, 0.29) is 17.4 Å². The Bertz CT molecular complexity index is 736. The van der Waals surface area contributed by atoms with Gasteiger partial charge in [0, 0.05) is 16.2 Å². The quantitative estimate of drug-likeness (QED) is 0.659. The minimum absolute atomic E-state index is 0.0697. The molecule has 116 valence electrons. The lowest BCUT2D eigenvalue weighted by Gasteiger charge is -2.10. The molecule has 22 heavy (non-hydrogen) atoms. The minimum atomic E-state index is -0.451. The standard InChI is InChI=1S/C17H18FNO2S/c1-9-15(11(3)20)10(2)19-16(9)17(21)12(4)22-14-8-6-5-7-13(14)18/h5-8,12,19H,1-4H3/t12-/m0/s1. The summed E-state index contributed by atoms with van der Waals surface area (Å²) in [6.07, 6.45) is 0. The minimum Gasteiger partial charge on any atom is -0.355 e. The number of halogens is 1. The van der Waals surface area contributed by atoms with Crippen molar-refractivity contribution in [2.75, 3.05) is 0 Å². The first-order valence-corrected chi connectivity index (χ1v) is 7.86. The molecule has 0 saturated heterocycles. The van der Waals surface area contributed by atoms with Crippen molar-refractivity contribution in [2.45, 2.75) is 37.8 Å². The Balaban J connectivity index is 2.27. The average molecular weight is 319 g/mol. The Labute approximate surface area is 133 Å². The highest BCUT2D eigenvalue weighted by molar-refractivity contribution is 8.00. The number of nitrogens with one attached hydrogen (secondary N) is 1. The SMILES string of the molecule is CC(=O)c1c(C)[nH]c(C(=O)[C@H](C)Sc2ccccc2F)c1C. The first-order valence-electron chi connectivity index (χ1n) is 6.98. The van der Waals surface area contributed by atoms with Crippen molar-refractivity contribution in [3.05, 3.63) is 52.6 Å². The second-order valence-corrected chi connectivity index (χ2v) is 6.62. The monoisotopic (exact) mass is 319 g/mol. The van der Waals surface area contributed by atoms with Gasteiger partial charge in [0.05, 0.1) is 10.9 Å². The van der Waals surface area contributed by atoms with Crippen molar-refractivity contribution in [3.8, 4) is 0 Å². The maximum atomic E-state index is 13.7. The van der Waals surface area contributed by atoms with Crippen LogP contribution >= 0.6 is 11.8 Å². The van der Waals surface area contributed by atoms with Gasteiger partial charge < -0.3 is 4.98 Å². The van der Waals surface area contributed by atoms with Crippen LogP contribution in [0, 0.1) is 19.7 Å². The summed E-state index contributed by atoms with van der Waals surface area (Å²) in [5, 5.41) is -0.451. The van der Waals surface area contributed by atoms with Crippen LogP contribution in [-0.4, -0.2) is 21.8 Å². The summed E-state index contributed by atoms with van der Waals surface area (Å²) in [4.78, 5) is 27.7. The number of carbonyl (C=O) groups is 2. The van der Waals surface area contributed by atoms with E-state index in [0.717, 1.165) is 0 Å². The Morgan fingerprint density at radius 1 is 1.23 bits per heavy atom. The van der Waals surface area contributed by atoms with Gasteiger partial charge in [-0.05, 0) is 45.4 Å². The molecular weight excluding hydrogens is 301 g/mol. The fourth-order valence-corrected chi connectivity index (χ4v) is 3.46. The normalized spacial score (nSPS) is 12.2. The van der Waals surface area contributed by atoms with E-state index in [0.29, 0.717) is 27.4 Å². The third-order valence-electron chi connectivity index (χ3n) is 3.55. The molecule has 0 aliphatic heterocycles. The zero-order chi connectivity index (χ0) is 16.4. The highest BCUT2D eigenvalue weighted by Crippen LogP contribution is 2.29. The molecule has 0 fully saturated rings. The average Bonchev–Trinajstić information content (AvgIpc) is 2.75. The molecule has 0 radical (unpaired) electrons. The fourth-order valence-electron chi connectivity index (χ4n) is 2.51. The number of carbonyl (C=O) groups excluding carboxylic acids is 2. The van der Waals surface area contributed by atoms with Crippen LogP contribution in [0.25, 0.3) is 0 Å². The second-order valence-electron chi connectivity index (χ2n) is 5.24. The lowest BCUT2D eigenvalue weighted by atomic mass is 10.0. The number of ketones is 2. The number of aromatic nitrogens is 1. The summed E-state index contributed by atoms with van der Waals surface area (Å²) in [7, 11) is 0. The smallest absolute Gasteiger partial charge is 0.192 e. The van der Waals surface area contributed by atoms with Crippen LogP contribution in [0.3, 0.4) is 0 Å². The van der Waals surface area contributed by atoms with Crippen LogP contribution in [0.5, 0.6) is 0 Å². The number of aryl methyl sites for hydroxylation is 1. The zero-order valence-electron chi connectivity index (χ0n) is 13.0. The molecule has 1 N–H and O–H groups in total. The number of hydrogen-bond donors (Lipinski definition) is 1. The van der Waals surface area contributed by atoms with E-state index < -0.39 is 5.25 Å². The molecule has 1 aromatic heterocycles. The molecular formula is C17H18FNO2S. The van der Waals surface area contributed by atoms with Crippen LogP contribution in [-0.2, 0) is 0 Å². The number of H-pyrrole nitrogens is 1. The van der Waals surface area contributed by atoms with Crippen LogP contribution in [0.1, 0.15) is 46.0 Å². The molecule has 0 bridgehead atoms. The third kappa shape index (κ3) is 3.14. The van der Waals surface area contributed by atoms with Crippen LogP contribution in [0.4, 0.5) is 4.39 Å². The summed E-state index contributed by atoms with van der Waals surface area (Å²) < 4.78 is 13.7. The van der Waals surface area contributed by atoms with Crippen LogP contribution in [0.2, 0.25) is 0 Å². The number of benzene rings is 1. The lowest BCUT2D eigenvalue weighted by Crippen LogP contribution is -2.15. The topological polar surface area (TPSA) is 49.9 Å². The van der Waals surface area contributed by atoms with E-state index in [4.69, 9.17) is 0 Å². The van der Waals surface area contributed by atoms with E-state index >= 15 is 0 Å². The van der Waals surface area contributed by atoms with Gasteiger partial charge in [0.1, 0.15) is 5.82 Å². The molecule has 0 unspecified atom stereocenters. The van der Waals surface area contributed by atoms with Crippen molar-refractivity contribution < 1.29 is 14.0 Å². The molecule has 1 heterocycles. The number of aromatic amines is 1. The highest BCUT2D eigenvalue weighted by atomic mass is 32.2. The van der Waals surface area contributed by atoms with Gasteiger partial charge in [-0.15, -0.1) is 11.8 Å². The first-order chi connectivity index (χ1) is 10.3. The molecule has 1 atom stereocenters. The largest absolute Gasteiger partial charge is 0.355 e. The number of hydrogen-bond acceptors (Lipinski definition) is 3. The van der Waals surface area contributed by atoms with Gasteiger partial charge in [-0.1, -0.05) is 12.1 Å². The van der Waals surface area contributed by atoms with Crippen molar-refractivity contribution in [2.24, 2.45) is 0 Å². The second kappa shape index (κ2) is 6.48. The van der Waals surface area contributed by atoms with E-state index in [1.165, 1.54) is 24.8 Å². The summed E-state index contributed by atoms with van der Waals surface area (Å²) in [5.41, 5.74) is 2.35. The molecule has 2 aromatic rings. The Kier molecular flexibility index (Phi) is 4.86. The van der Waals surface area contributed by atoms with Crippen molar-refractivity contribution in [3.63, 3.8) is 0 Å². The van der Waals surface area contributed by atoms with E-state index in [2.05, 4.69) is 4.98 Å². The maximum absolute atomic E-state index is 13.7. The Hall–Kier alpha value is -1.88. The molecule has 0 saturated carbocycles. The molecule has 1 aromatic carbocycles. The summed E-state index contributed by atoms with van der Waals surface area (Å²) in [6, 6.07) is 6.37. The van der Waals surface area contributed by atoms with Gasteiger partial charge >= 0.3 is 0 Å².